The summed E-state index contributed by atoms with van der Waals surface area (Å²) in [6.07, 6.45) is -2.86. The van der Waals surface area contributed by atoms with Crippen molar-refractivity contribution in [3.8, 4) is 0 Å². The summed E-state index contributed by atoms with van der Waals surface area (Å²) in [6.45, 7) is 7.11. The second-order valence-corrected chi connectivity index (χ2v) is 8.22. The molecule has 0 amide bonds. The van der Waals surface area contributed by atoms with Gasteiger partial charge in [-0.15, -0.1) is 5.11 Å². The molecule has 0 spiro atoms. The van der Waals surface area contributed by atoms with Crippen LogP contribution in [0.15, 0.2) is 58.9 Å². The van der Waals surface area contributed by atoms with Crippen LogP contribution in [0.4, 0.5) is 36.3 Å². The first-order chi connectivity index (χ1) is 17.3. The van der Waals surface area contributed by atoms with E-state index in [-0.39, 0.29) is 12.5 Å². The van der Waals surface area contributed by atoms with Crippen molar-refractivity contribution in [1.82, 2.24) is 19.9 Å². The molecular formula is C24H27F3N8O. The molecule has 3 aromatic rings. The highest BCUT2D eigenvalue weighted by Crippen LogP contribution is 2.31. The van der Waals surface area contributed by atoms with Crippen LogP contribution < -0.4 is 10.6 Å². The number of aromatic nitrogens is 3. The van der Waals surface area contributed by atoms with Gasteiger partial charge in [0.05, 0.1) is 36.4 Å². The quantitative estimate of drug-likeness (QED) is 0.400. The standard InChI is InChI=1S/C24H27F3N8O/c1-17-13-22(28-7-8-35-9-11-36-12-10-35)33-23(31-17)34-30-16-20-5-6-21(15-29-20)32-19-4-2-3-18(14-19)24(25,26)27/h2-6,13-15,32H,7-12,16H2,1H3,(H,28,31,33). The van der Waals surface area contributed by atoms with Crippen LogP contribution in [0.25, 0.3) is 0 Å². The molecule has 9 nitrogen and oxygen atoms in total. The fraction of sp³-hybridized carbons (Fsp3) is 0.375. The minimum absolute atomic E-state index is 0.209. The molecule has 1 fully saturated rings. The van der Waals surface area contributed by atoms with E-state index in [1.54, 1.807) is 18.2 Å². The maximum Gasteiger partial charge on any atom is 0.416 e. The van der Waals surface area contributed by atoms with Crippen LogP contribution >= 0.6 is 0 Å². The smallest absolute Gasteiger partial charge is 0.379 e. The van der Waals surface area contributed by atoms with E-state index in [2.05, 4.69) is 40.7 Å². The molecule has 190 valence electrons. The van der Waals surface area contributed by atoms with Crippen molar-refractivity contribution < 1.29 is 17.9 Å². The topological polar surface area (TPSA) is 99.9 Å². The Kier molecular flexibility index (Phi) is 8.39. The average Bonchev–Trinajstić information content (AvgIpc) is 2.85. The number of halogens is 3. The van der Waals surface area contributed by atoms with E-state index in [4.69, 9.17) is 4.74 Å². The third-order valence-corrected chi connectivity index (χ3v) is 5.38. The SMILES string of the molecule is Cc1cc(NCCN2CCOCC2)nc(N=NCc2ccc(Nc3cccc(C(F)(F)F)c3)cn2)n1. The summed E-state index contributed by atoms with van der Waals surface area (Å²) in [5, 5.41) is 14.5. The predicted octanol–water partition coefficient (Wildman–Crippen LogP) is 4.97. The number of aryl methyl sites for hydroxylation is 1. The number of anilines is 3. The Bertz CT molecular complexity index is 1160. The summed E-state index contributed by atoms with van der Waals surface area (Å²) in [5.41, 5.74) is 1.59. The number of rotatable bonds is 9. The number of alkyl halides is 3. The average molecular weight is 501 g/mol. The first kappa shape index (κ1) is 25.5. The Morgan fingerprint density at radius 2 is 1.89 bits per heavy atom. The minimum atomic E-state index is -4.40. The fourth-order valence-electron chi connectivity index (χ4n) is 3.56. The van der Waals surface area contributed by atoms with E-state index in [0.717, 1.165) is 57.2 Å². The summed E-state index contributed by atoms with van der Waals surface area (Å²) in [5.74, 6) is 0.944. The Balaban J connectivity index is 1.29. The molecule has 2 aromatic heterocycles. The molecule has 3 heterocycles. The van der Waals surface area contributed by atoms with Gasteiger partial charge in [-0.2, -0.15) is 23.3 Å². The molecule has 0 unspecified atom stereocenters. The molecule has 0 radical (unpaired) electrons. The molecule has 2 N–H and O–H groups in total. The lowest BCUT2D eigenvalue weighted by Crippen LogP contribution is -2.39. The first-order valence-corrected chi connectivity index (χ1v) is 11.5. The zero-order chi connectivity index (χ0) is 25.4. The van der Waals surface area contributed by atoms with Crippen molar-refractivity contribution in [3.63, 3.8) is 0 Å². The second kappa shape index (κ2) is 11.9. The summed E-state index contributed by atoms with van der Waals surface area (Å²) >= 11 is 0. The highest BCUT2D eigenvalue weighted by Gasteiger charge is 2.30. The lowest BCUT2D eigenvalue weighted by Gasteiger charge is -2.26. The van der Waals surface area contributed by atoms with Crippen molar-refractivity contribution >= 4 is 23.1 Å². The zero-order valence-electron chi connectivity index (χ0n) is 19.8. The van der Waals surface area contributed by atoms with Gasteiger partial charge in [-0.1, -0.05) is 6.07 Å². The fourth-order valence-corrected chi connectivity index (χ4v) is 3.56. The van der Waals surface area contributed by atoms with Gasteiger partial charge in [0, 0.05) is 43.6 Å². The highest BCUT2D eigenvalue weighted by molar-refractivity contribution is 5.59. The van der Waals surface area contributed by atoms with Crippen molar-refractivity contribution in [3.05, 3.63) is 65.6 Å². The van der Waals surface area contributed by atoms with Gasteiger partial charge in [0.2, 0.25) is 0 Å². The number of ether oxygens (including phenoxy) is 1. The normalized spacial score (nSPS) is 14.8. The van der Waals surface area contributed by atoms with Crippen molar-refractivity contribution in [2.75, 3.05) is 50.0 Å². The van der Waals surface area contributed by atoms with Crippen molar-refractivity contribution in [1.29, 1.82) is 0 Å². The molecule has 0 aliphatic carbocycles. The lowest BCUT2D eigenvalue weighted by molar-refractivity contribution is -0.137. The van der Waals surface area contributed by atoms with Crippen LogP contribution in [0.1, 0.15) is 17.0 Å². The van der Waals surface area contributed by atoms with Crippen molar-refractivity contribution in [2.24, 2.45) is 10.2 Å². The van der Waals surface area contributed by atoms with E-state index in [1.807, 2.05) is 13.0 Å². The molecule has 1 aromatic carbocycles. The molecule has 0 saturated carbocycles. The van der Waals surface area contributed by atoms with Gasteiger partial charge in [0.1, 0.15) is 12.4 Å². The molecule has 36 heavy (non-hydrogen) atoms. The van der Waals surface area contributed by atoms with Crippen LogP contribution in [0, 0.1) is 6.92 Å². The van der Waals surface area contributed by atoms with Gasteiger partial charge in [-0.25, -0.2) is 4.98 Å². The Morgan fingerprint density at radius 3 is 2.64 bits per heavy atom. The monoisotopic (exact) mass is 500 g/mol. The Morgan fingerprint density at radius 1 is 1.06 bits per heavy atom. The maximum absolute atomic E-state index is 12.9. The number of azo groups is 1. The zero-order valence-corrected chi connectivity index (χ0v) is 19.8. The van der Waals surface area contributed by atoms with Crippen LogP contribution in [0.3, 0.4) is 0 Å². The molecule has 1 aliphatic rings. The Labute approximate surface area is 206 Å². The molecule has 1 saturated heterocycles. The largest absolute Gasteiger partial charge is 0.416 e. The first-order valence-electron chi connectivity index (χ1n) is 11.5. The van der Waals surface area contributed by atoms with E-state index in [1.165, 1.54) is 12.3 Å². The van der Waals surface area contributed by atoms with Gasteiger partial charge in [-0.3, -0.25) is 9.88 Å². The number of morpholine rings is 1. The molecule has 0 bridgehead atoms. The van der Waals surface area contributed by atoms with Crippen LogP contribution in [0.5, 0.6) is 0 Å². The van der Waals surface area contributed by atoms with Gasteiger partial charge in [0.25, 0.3) is 5.95 Å². The number of hydrogen-bond donors (Lipinski definition) is 2. The Hall–Kier alpha value is -3.64. The number of nitrogens with zero attached hydrogens (tertiary/aromatic N) is 6. The van der Waals surface area contributed by atoms with Gasteiger partial charge >= 0.3 is 6.18 Å². The number of pyridine rings is 1. The van der Waals surface area contributed by atoms with Crippen LogP contribution in [-0.4, -0.2) is 59.2 Å². The van der Waals surface area contributed by atoms with Crippen LogP contribution in [-0.2, 0) is 17.5 Å². The lowest BCUT2D eigenvalue weighted by atomic mass is 10.2. The van der Waals surface area contributed by atoms with Gasteiger partial charge in [-0.05, 0) is 37.3 Å². The van der Waals surface area contributed by atoms with E-state index < -0.39 is 11.7 Å². The third kappa shape index (κ3) is 7.68. The van der Waals surface area contributed by atoms with Gasteiger partial charge in [0.15, 0.2) is 0 Å². The minimum Gasteiger partial charge on any atom is -0.379 e. The molecule has 4 rings (SSSR count). The number of nitrogens with one attached hydrogen (secondary N) is 2. The molecule has 0 atom stereocenters. The number of hydrogen-bond acceptors (Lipinski definition) is 9. The summed E-state index contributed by atoms with van der Waals surface area (Å²) in [4.78, 5) is 15.3. The number of benzene rings is 1. The third-order valence-electron chi connectivity index (χ3n) is 5.38. The molecule has 1 aliphatic heterocycles. The van der Waals surface area contributed by atoms with Crippen molar-refractivity contribution in [2.45, 2.75) is 19.6 Å². The summed E-state index contributed by atoms with van der Waals surface area (Å²) < 4.78 is 44.0. The molecular weight excluding hydrogens is 473 g/mol. The summed E-state index contributed by atoms with van der Waals surface area (Å²) in [6, 6.07) is 10.3. The summed E-state index contributed by atoms with van der Waals surface area (Å²) in [7, 11) is 0. The second-order valence-electron chi connectivity index (χ2n) is 8.22. The maximum atomic E-state index is 12.9. The van der Waals surface area contributed by atoms with E-state index in [9.17, 15) is 13.2 Å². The van der Waals surface area contributed by atoms with E-state index in [0.29, 0.717) is 22.9 Å². The predicted molar refractivity (Wildman–Crippen MR) is 130 cm³/mol. The molecule has 12 heteroatoms. The van der Waals surface area contributed by atoms with E-state index >= 15 is 0 Å². The highest BCUT2D eigenvalue weighted by atomic mass is 19.4. The van der Waals surface area contributed by atoms with Crippen LogP contribution in [0.2, 0.25) is 0 Å². The van der Waals surface area contributed by atoms with Gasteiger partial charge < -0.3 is 15.4 Å².